The lowest BCUT2D eigenvalue weighted by Gasteiger charge is -2.16. The van der Waals surface area contributed by atoms with Crippen molar-refractivity contribution >= 4 is 5.91 Å². The van der Waals surface area contributed by atoms with E-state index in [1.807, 2.05) is 0 Å². The van der Waals surface area contributed by atoms with Gasteiger partial charge in [0.1, 0.15) is 5.75 Å². The Labute approximate surface area is 102 Å². The number of carbonyl (C=O) groups excluding carboxylic acids is 1. The number of hydrogen-bond donors (Lipinski definition) is 2. The molecule has 18 heavy (non-hydrogen) atoms. The molecule has 4 nitrogen and oxygen atoms in total. The zero-order valence-electron chi connectivity index (χ0n) is 9.66. The van der Waals surface area contributed by atoms with Crippen LogP contribution in [-0.2, 0) is 17.5 Å². The van der Waals surface area contributed by atoms with Gasteiger partial charge in [0.15, 0.2) is 0 Å². The van der Waals surface area contributed by atoms with Crippen LogP contribution in [0.25, 0.3) is 0 Å². The molecule has 7 heteroatoms. The van der Waals surface area contributed by atoms with Crippen LogP contribution in [0.4, 0.5) is 13.2 Å². The van der Waals surface area contributed by atoms with Crippen LogP contribution < -0.4 is 5.73 Å². The smallest absolute Gasteiger partial charge is 0.419 e. The Morgan fingerprint density at radius 1 is 1.44 bits per heavy atom. The Balaban J connectivity index is 2.89. The quantitative estimate of drug-likeness (QED) is 0.860. The van der Waals surface area contributed by atoms with E-state index in [0.29, 0.717) is 5.56 Å². The fourth-order valence-corrected chi connectivity index (χ4v) is 1.54. The van der Waals surface area contributed by atoms with Gasteiger partial charge in [0, 0.05) is 6.54 Å². The fraction of sp³-hybridized carbons (Fsp3) is 0.364. The van der Waals surface area contributed by atoms with Gasteiger partial charge in [0.2, 0.25) is 5.91 Å². The molecule has 0 atom stereocenters. The highest BCUT2D eigenvalue weighted by molar-refractivity contribution is 5.75. The van der Waals surface area contributed by atoms with Crippen molar-refractivity contribution in [2.24, 2.45) is 5.73 Å². The molecule has 0 aliphatic rings. The molecule has 0 heterocycles. The molecule has 1 amide bonds. The average Bonchev–Trinajstić information content (AvgIpc) is 2.17. The minimum absolute atomic E-state index is 0.0533. The summed E-state index contributed by atoms with van der Waals surface area (Å²) in [6.45, 7) is 0.0779. The molecular weight excluding hydrogens is 249 g/mol. The number of primary amides is 1. The lowest BCUT2D eigenvalue weighted by Crippen LogP contribution is -2.30. The third kappa shape index (κ3) is 3.92. The van der Waals surface area contributed by atoms with Crippen LogP contribution in [0.15, 0.2) is 18.2 Å². The summed E-state index contributed by atoms with van der Waals surface area (Å²) in [5.74, 6) is -1.38. The Morgan fingerprint density at radius 2 is 2.06 bits per heavy atom. The van der Waals surface area contributed by atoms with Crippen molar-refractivity contribution in [3.05, 3.63) is 29.3 Å². The molecule has 0 bridgehead atoms. The number of nitrogens with zero attached hydrogens (tertiary/aromatic N) is 1. The van der Waals surface area contributed by atoms with E-state index in [2.05, 4.69) is 0 Å². The number of phenolic OH excluding ortho intramolecular Hbond substituents is 1. The molecule has 1 rings (SSSR count). The first-order valence-corrected chi connectivity index (χ1v) is 5.06. The second kappa shape index (κ2) is 5.26. The summed E-state index contributed by atoms with van der Waals surface area (Å²) in [5, 5.41) is 9.14. The van der Waals surface area contributed by atoms with Crippen LogP contribution in [0.3, 0.4) is 0 Å². The summed E-state index contributed by atoms with van der Waals surface area (Å²) in [6.07, 6.45) is -4.61. The third-order valence-electron chi connectivity index (χ3n) is 2.24. The monoisotopic (exact) mass is 262 g/mol. The minimum Gasteiger partial charge on any atom is -0.507 e. The molecule has 0 aliphatic carbocycles. The van der Waals surface area contributed by atoms with E-state index in [9.17, 15) is 18.0 Å². The van der Waals surface area contributed by atoms with Crippen molar-refractivity contribution < 1.29 is 23.1 Å². The van der Waals surface area contributed by atoms with E-state index in [0.717, 1.165) is 12.1 Å². The molecule has 0 fully saturated rings. The highest BCUT2D eigenvalue weighted by atomic mass is 19.4. The van der Waals surface area contributed by atoms with Gasteiger partial charge in [-0.3, -0.25) is 9.69 Å². The molecule has 0 radical (unpaired) electrons. The highest BCUT2D eigenvalue weighted by Crippen LogP contribution is 2.36. The molecule has 0 unspecified atom stereocenters. The molecule has 0 saturated heterocycles. The number of benzene rings is 1. The fourth-order valence-electron chi connectivity index (χ4n) is 1.54. The molecule has 1 aromatic carbocycles. The van der Waals surface area contributed by atoms with E-state index in [1.54, 1.807) is 7.05 Å². The van der Waals surface area contributed by atoms with Crippen LogP contribution in [0.1, 0.15) is 11.1 Å². The van der Waals surface area contributed by atoms with Crippen molar-refractivity contribution in [3.8, 4) is 5.75 Å². The Hall–Kier alpha value is -1.76. The number of aromatic hydroxyl groups is 1. The summed E-state index contributed by atoms with van der Waals surface area (Å²) in [7, 11) is 1.56. The van der Waals surface area contributed by atoms with Crippen LogP contribution in [0.5, 0.6) is 5.75 Å². The summed E-state index contributed by atoms with van der Waals surface area (Å²) in [4.78, 5) is 12.1. The van der Waals surface area contributed by atoms with Gasteiger partial charge in [0.25, 0.3) is 0 Å². The van der Waals surface area contributed by atoms with Gasteiger partial charge in [0.05, 0.1) is 12.1 Å². The maximum atomic E-state index is 12.5. The Kier molecular flexibility index (Phi) is 4.18. The number of alkyl halides is 3. The molecule has 0 aliphatic heterocycles. The summed E-state index contributed by atoms with van der Waals surface area (Å²) >= 11 is 0. The van der Waals surface area contributed by atoms with Gasteiger partial charge in [-0.25, -0.2) is 0 Å². The zero-order chi connectivity index (χ0) is 13.9. The first-order valence-electron chi connectivity index (χ1n) is 5.06. The van der Waals surface area contributed by atoms with Crippen LogP contribution in [0, 0.1) is 0 Å². The zero-order valence-corrected chi connectivity index (χ0v) is 9.66. The van der Waals surface area contributed by atoms with Gasteiger partial charge in [-0.1, -0.05) is 6.07 Å². The van der Waals surface area contributed by atoms with Gasteiger partial charge in [-0.15, -0.1) is 0 Å². The van der Waals surface area contributed by atoms with Crippen LogP contribution >= 0.6 is 0 Å². The summed E-state index contributed by atoms with van der Waals surface area (Å²) < 4.78 is 37.6. The lowest BCUT2D eigenvalue weighted by molar-refractivity contribution is -0.138. The summed E-state index contributed by atoms with van der Waals surface area (Å²) in [6, 6.07) is 3.20. The van der Waals surface area contributed by atoms with Crippen molar-refractivity contribution in [2.45, 2.75) is 12.7 Å². The molecule has 0 aromatic heterocycles. The molecule has 100 valence electrons. The topological polar surface area (TPSA) is 66.6 Å². The van der Waals surface area contributed by atoms with Crippen molar-refractivity contribution in [2.75, 3.05) is 13.6 Å². The Morgan fingerprint density at radius 3 is 2.56 bits per heavy atom. The van der Waals surface area contributed by atoms with Crippen molar-refractivity contribution in [3.63, 3.8) is 0 Å². The largest absolute Gasteiger partial charge is 0.507 e. The Bertz CT molecular complexity index is 446. The van der Waals surface area contributed by atoms with E-state index in [1.165, 1.54) is 11.0 Å². The number of phenols is 1. The number of amides is 1. The first kappa shape index (κ1) is 14.3. The molecule has 3 N–H and O–H groups in total. The molecule has 0 saturated carbocycles. The number of halogens is 3. The van der Waals surface area contributed by atoms with E-state index >= 15 is 0 Å². The summed E-state index contributed by atoms with van der Waals surface area (Å²) in [5.41, 5.74) is 4.22. The predicted molar refractivity (Wildman–Crippen MR) is 58.6 cm³/mol. The first-order chi connectivity index (χ1) is 8.20. The van der Waals surface area contributed by atoms with E-state index in [4.69, 9.17) is 10.8 Å². The van der Waals surface area contributed by atoms with Crippen LogP contribution in [-0.4, -0.2) is 29.5 Å². The van der Waals surface area contributed by atoms with Crippen LogP contribution in [0.2, 0.25) is 0 Å². The molecular formula is C11H13F3N2O2. The maximum Gasteiger partial charge on any atom is 0.419 e. The number of carbonyl (C=O) groups is 1. The third-order valence-corrected chi connectivity index (χ3v) is 2.24. The van der Waals surface area contributed by atoms with Crippen molar-refractivity contribution in [1.29, 1.82) is 0 Å². The minimum atomic E-state index is -4.61. The average molecular weight is 262 g/mol. The van der Waals surface area contributed by atoms with Gasteiger partial charge < -0.3 is 10.8 Å². The second-order valence-corrected chi connectivity index (χ2v) is 3.99. The molecule has 0 spiro atoms. The predicted octanol–water partition coefficient (Wildman–Crippen LogP) is 1.33. The van der Waals surface area contributed by atoms with Gasteiger partial charge >= 0.3 is 6.18 Å². The van der Waals surface area contributed by atoms with E-state index in [-0.39, 0.29) is 13.1 Å². The van der Waals surface area contributed by atoms with E-state index < -0.39 is 23.4 Å². The number of rotatable bonds is 4. The highest BCUT2D eigenvalue weighted by Gasteiger charge is 2.34. The standard InChI is InChI=1S/C11H13F3N2O2/c1-16(6-10(15)18)5-7-2-3-9(17)8(4-7)11(12,13)14/h2-4,17H,5-6H2,1H3,(H2,15,18). The maximum absolute atomic E-state index is 12.5. The van der Waals surface area contributed by atoms with Gasteiger partial charge in [-0.2, -0.15) is 13.2 Å². The SMILES string of the molecule is CN(CC(N)=O)Cc1ccc(O)c(C(F)(F)F)c1. The van der Waals surface area contributed by atoms with Gasteiger partial charge in [-0.05, 0) is 24.7 Å². The normalized spacial score (nSPS) is 11.8. The lowest BCUT2D eigenvalue weighted by atomic mass is 10.1. The second-order valence-electron chi connectivity index (χ2n) is 3.99. The number of nitrogens with two attached hydrogens (primary N) is 1. The number of hydrogen-bond acceptors (Lipinski definition) is 3. The number of likely N-dealkylation sites (N-methyl/N-ethyl adjacent to an activating group) is 1. The van der Waals surface area contributed by atoms with Crippen molar-refractivity contribution in [1.82, 2.24) is 4.90 Å². The molecule has 1 aromatic rings.